The lowest BCUT2D eigenvalue weighted by Gasteiger charge is -2.27. The summed E-state index contributed by atoms with van der Waals surface area (Å²) in [6.07, 6.45) is 13.4. The van der Waals surface area contributed by atoms with Gasteiger partial charge in [0.05, 0.1) is 11.9 Å². The molecule has 0 radical (unpaired) electrons. The Balaban J connectivity index is 1.55. The maximum Gasteiger partial charge on any atom is 0.147 e. The number of hydrogen-bond acceptors (Lipinski definition) is 4. The molecule has 2 aliphatic carbocycles. The Labute approximate surface area is 122 Å². The molecule has 2 saturated carbocycles. The van der Waals surface area contributed by atoms with Gasteiger partial charge in [0.1, 0.15) is 5.82 Å². The van der Waals surface area contributed by atoms with Crippen molar-refractivity contribution in [2.75, 3.05) is 18.5 Å². The summed E-state index contributed by atoms with van der Waals surface area (Å²) in [5, 5.41) is 3.50. The minimum atomic E-state index is 0.723. The second-order valence-corrected chi connectivity index (χ2v) is 6.41. The van der Waals surface area contributed by atoms with Crippen molar-refractivity contribution < 1.29 is 0 Å². The average Bonchev–Trinajstić information content (AvgIpc) is 3.31. The summed E-state index contributed by atoms with van der Waals surface area (Å²) >= 11 is 0. The molecule has 4 heteroatoms. The van der Waals surface area contributed by atoms with E-state index in [9.17, 15) is 0 Å². The zero-order chi connectivity index (χ0) is 13.8. The molecule has 0 amide bonds. The van der Waals surface area contributed by atoms with E-state index in [-0.39, 0.29) is 0 Å². The van der Waals surface area contributed by atoms with E-state index < -0.39 is 0 Å². The summed E-state index contributed by atoms with van der Waals surface area (Å²) in [6, 6.07) is 0.723. The molecule has 0 aliphatic heterocycles. The van der Waals surface area contributed by atoms with Gasteiger partial charge in [-0.2, -0.15) is 0 Å². The highest BCUT2D eigenvalue weighted by molar-refractivity contribution is 5.35. The normalized spacial score (nSPS) is 20.1. The van der Waals surface area contributed by atoms with Crippen LogP contribution in [0.2, 0.25) is 0 Å². The van der Waals surface area contributed by atoms with Gasteiger partial charge < -0.3 is 10.2 Å². The largest absolute Gasteiger partial charge is 0.358 e. The fourth-order valence-corrected chi connectivity index (χ4v) is 3.05. The van der Waals surface area contributed by atoms with Crippen molar-refractivity contribution in [1.82, 2.24) is 15.3 Å². The number of nitrogens with zero attached hydrogens (tertiary/aromatic N) is 3. The van der Waals surface area contributed by atoms with Crippen LogP contribution >= 0.6 is 0 Å². The van der Waals surface area contributed by atoms with Crippen LogP contribution in [0.3, 0.4) is 0 Å². The summed E-state index contributed by atoms with van der Waals surface area (Å²) in [5.74, 6) is 1.86. The summed E-state index contributed by atoms with van der Waals surface area (Å²) < 4.78 is 0. The van der Waals surface area contributed by atoms with Gasteiger partial charge in [0.25, 0.3) is 0 Å². The molecule has 1 aromatic heterocycles. The van der Waals surface area contributed by atoms with Gasteiger partial charge in [-0.1, -0.05) is 19.3 Å². The van der Waals surface area contributed by atoms with E-state index in [0.717, 1.165) is 36.6 Å². The summed E-state index contributed by atoms with van der Waals surface area (Å²) in [4.78, 5) is 11.4. The summed E-state index contributed by atoms with van der Waals surface area (Å²) in [7, 11) is 2.15. The first kappa shape index (κ1) is 13.8. The topological polar surface area (TPSA) is 41.1 Å². The number of anilines is 1. The fraction of sp³-hybridized carbons (Fsp3) is 0.750. The van der Waals surface area contributed by atoms with Gasteiger partial charge >= 0.3 is 0 Å². The van der Waals surface area contributed by atoms with Crippen molar-refractivity contribution in [3.63, 3.8) is 0 Å². The van der Waals surface area contributed by atoms with Crippen molar-refractivity contribution in [3.05, 3.63) is 18.1 Å². The molecule has 0 spiro atoms. The Morgan fingerprint density at radius 3 is 2.70 bits per heavy atom. The molecule has 1 N–H and O–H groups in total. The summed E-state index contributed by atoms with van der Waals surface area (Å²) in [5.41, 5.74) is 1.06. The van der Waals surface area contributed by atoms with E-state index >= 15 is 0 Å². The van der Waals surface area contributed by atoms with Crippen LogP contribution in [0.15, 0.2) is 12.4 Å². The molecule has 0 aromatic carbocycles. The molecule has 110 valence electrons. The van der Waals surface area contributed by atoms with E-state index in [2.05, 4.69) is 22.2 Å². The van der Waals surface area contributed by atoms with Gasteiger partial charge in [0.2, 0.25) is 0 Å². The first-order valence-corrected chi connectivity index (χ1v) is 8.07. The molecule has 0 unspecified atom stereocenters. The van der Waals surface area contributed by atoms with Crippen LogP contribution in [-0.4, -0.2) is 29.6 Å². The maximum atomic E-state index is 4.74. The molecule has 2 aliphatic rings. The lowest BCUT2D eigenvalue weighted by atomic mass is 9.89. The SMILES string of the molecule is CN(CC1CCCCC1)c1cncc(CNC2CC2)n1. The quantitative estimate of drug-likeness (QED) is 0.866. The minimum Gasteiger partial charge on any atom is -0.358 e. The van der Waals surface area contributed by atoms with Gasteiger partial charge in [-0.05, 0) is 31.6 Å². The van der Waals surface area contributed by atoms with E-state index in [0.29, 0.717) is 0 Å². The van der Waals surface area contributed by atoms with Crippen LogP contribution < -0.4 is 10.2 Å². The van der Waals surface area contributed by atoms with Crippen LogP contribution in [0.25, 0.3) is 0 Å². The lowest BCUT2D eigenvalue weighted by molar-refractivity contribution is 0.361. The summed E-state index contributed by atoms with van der Waals surface area (Å²) in [6.45, 7) is 1.97. The molecule has 2 fully saturated rings. The molecule has 3 rings (SSSR count). The number of aromatic nitrogens is 2. The third-order valence-corrected chi connectivity index (χ3v) is 4.47. The first-order chi connectivity index (χ1) is 9.81. The monoisotopic (exact) mass is 274 g/mol. The Bertz CT molecular complexity index is 424. The predicted octanol–water partition coefficient (Wildman–Crippen LogP) is 2.75. The molecule has 0 bridgehead atoms. The van der Waals surface area contributed by atoms with E-state index in [1.54, 1.807) is 0 Å². The van der Waals surface area contributed by atoms with Crippen LogP contribution in [0.1, 0.15) is 50.6 Å². The van der Waals surface area contributed by atoms with E-state index in [4.69, 9.17) is 4.98 Å². The van der Waals surface area contributed by atoms with Gasteiger partial charge in [-0.15, -0.1) is 0 Å². The molecular weight excluding hydrogens is 248 g/mol. The fourth-order valence-electron chi connectivity index (χ4n) is 3.05. The molecule has 20 heavy (non-hydrogen) atoms. The Morgan fingerprint density at radius 2 is 1.95 bits per heavy atom. The molecule has 4 nitrogen and oxygen atoms in total. The van der Waals surface area contributed by atoms with Gasteiger partial charge in [-0.25, -0.2) is 4.98 Å². The second kappa shape index (κ2) is 6.53. The second-order valence-electron chi connectivity index (χ2n) is 6.41. The highest BCUT2D eigenvalue weighted by Gasteiger charge is 2.20. The van der Waals surface area contributed by atoms with Crippen molar-refractivity contribution in [3.8, 4) is 0 Å². The van der Waals surface area contributed by atoms with Crippen LogP contribution in [0.4, 0.5) is 5.82 Å². The van der Waals surface area contributed by atoms with E-state index in [1.165, 1.54) is 44.9 Å². The number of hydrogen-bond donors (Lipinski definition) is 1. The van der Waals surface area contributed by atoms with Crippen molar-refractivity contribution >= 4 is 5.82 Å². The van der Waals surface area contributed by atoms with Crippen LogP contribution in [0, 0.1) is 5.92 Å². The van der Waals surface area contributed by atoms with Crippen molar-refractivity contribution in [2.45, 2.75) is 57.5 Å². The first-order valence-electron chi connectivity index (χ1n) is 8.07. The zero-order valence-corrected chi connectivity index (χ0v) is 12.5. The van der Waals surface area contributed by atoms with Crippen molar-refractivity contribution in [1.29, 1.82) is 0 Å². The lowest BCUT2D eigenvalue weighted by Crippen LogP contribution is -2.28. The standard InChI is InChI=1S/C16H26N4/c1-20(12-13-5-3-2-4-6-13)16-11-17-9-15(19-16)10-18-14-7-8-14/h9,11,13-14,18H,2-8,10,12H2,1H3. The highest BCUT2D eigenvalue weighted by atomic mass is 15.2. The predicted molar refractivity (Wildman–Crippen MR) is 81.7 cm³/mol. The highest BCUT2D eigenvalue weighted by Crippen LogP contribution is 2.25. The third-order valence-electron chi connectivity index (χ3n) is 4.47. The van der Waals surface area contributed by atoms with Crippen molar-refractivity contribution in [2.24, 2.45) is 5.92 Å². The van der Waals surface area contributed by atoms with Gasteiger partial charge in [-0.3, -0.25) is 4.98 Å². The van der Waals surface area contributed by atoms with Crippen LogP contribution in [0.5, 0.6) is 0 Å². The molecule has 0 atom stereocenters. The number of rotatable bonds is 6. The third kappa shape index (κ3) is 3.92. The molecule has 1 aromatic rings. The minimum absolute atomic E-state index is 0.723. The van der Waals surface area contributed by atoms with Gasteiger partial charge in [0.15, 0.2) is 0 Å². The Morgan fingerprint density at radius 1 is 1.15 bits per heavy atom. The van der Waals surface area contributed by atoms with Gasteiger partial charge in [0, 0.05) is 32.4 Å². The molecule has 1 heterocycles. The smallest absolute Gasteiger partial charge is 0.147 e. The Hall–Kier alpha value is -1.16. The van der Waals surface area contributed by atoms with E-state index in [1.807, 2.05) is 12.4 Å². The maximum absolute atomic E-state index is 4.74. The molecule has 0 saturated heterocycles. The number of nitrogens with one attached hydrogen (secondary N) is 1. The van der Waals surface area contributed by atoms with Crippen LogP contribution in [-0.2, 0) is 6.54 Å². The zero-order valence-electron chi connectivity index (χ0n) is 12.5. The molecular formula is C16H26N4. The Kier molecular flexibility index (Phi) is 4.51. The average molecular weight is 274 g/mol.